The van der Waals surface area contributed by atoms with E-state index >= 15 is 0 Å². The van der Waals surface area contributed by atoms with Gasteiger partial charge < -0.3 is 14.9 Å². The Morgan fingerprint density at radius 3 is 2.70 bits per heavy atom. The minimum Gasteiger partial charge on any atom is -0.481 e. The molecule has 0 spiro atoms. The SMILES string of the molecule is O=C(O)CCCCCC[C@H]1COC(=O)N1c1ccc(C(O)C2CCCC2)s1. The zero-order valence-electron chi connectivity index (χ0n) is 15.6. The third-order valence-electron chi connectivity index (χ3n) is 5.63. The van der Waals surface area contributed by atoms with E-state index in [-0.39, 0.29) is 18.6 Å². The summed E-state index contributed by atoms with van der Waals surface area (Å²) in [5.74, 6) is -0.409. The quantitative estimate of drug-likeness (QED) is 0.560. The standard InChI is InChI=1S/C20H29NO5S/c22-18(23)10-4-2-1-3-9-15-13-26-20(25)21(15)17-12-11-16(27-17)19(24)14-7-5-6-8-14/h11-12,14-15,19,24H,1-10,13H2,(H,22,23)/t15-,19?/m0/s1. The molecule has 2 atom stereocenters. The highest BCUT2D eigenvalue weighted by Crippen LogP contribution is 2.41. The molecule has 1 aliphatic carbocycles. The average Bonchev–Trinajstić information content (AvgIpc) is 3.38. The van der Waals surface area contributed by atoms with Crippen molar-refractivity contribution >= 4 is 28.4 Å². The summed E-state index contributed by atoms with van der Waals surface area (Å²) in [6.07, 6.45) is 8.34. The molecule has 6 nitrogen and oxygen atoms in total. The van der Waals surface area contributed by atoms with Crippen molar-refractivity contribution in [3.05, 3.63) is 17.0 Å². The first-order chi connectivity index (χ1) is 13.1. The van der Waals surface area contributed by atoms with Gasteiger partial charge in [-0.05, 0) is 43.7 Å². The molecule has 7 heteroatoms. The van der Waals surface area contributed by atoms with Crippen LogP contribution in [0.2, 0.25) is 0 Å². The minimum atomic E-state index is -0.746. The van der Waals surface area contributed by atoms with E-state index in [2.05, 4.69) is 0 Å². The van der Waals surface area contributed by atoms with Gasteiger partial charge in [-0.2, -0.15) is 0 Å². The predicted molar refractivity (Wildman–Crippen MR) is 104 cm³/mol. The lowest BCUT2D eigenvalue weighted by molar-refractivity contribution is -0.137. The van der Waals surface area contributed by atoms with Gasteiger partial charge in [0, 0.05) is 11.3 Å². The van der Waals surface area contributed by atoms with E-state index in [1.165, 1.54) is 24.2 Å². The summed E-state index contributed by atoms with van der Waals surface area (Å²) < 4.78 is 5.27. The van der Waals surface area contributed by atoms with Gasteiger partial charge in [0.15, 0.2) is 0 Å². The molecule has 150 valence electrons. The van der Waals surface area contributed by atoms with Gasteiger partial charge in [0.1, 0.15) is 11.6 Å². The molecule has 1 saturated carbocycles. The summed E-state index contributed by atoms with van der Waals surface area (Å²) in [5.41, 5.74) is 0. The zero-order chi connectivity index (χ0) is 19.2. The number of ether oxygens (including phenoxy) is 1. The largest absolute Gasteiger partial charge is 0.481 e. The zero-order valence-corrected chi connectivity index (χ0v) is 16.5. The number of nitrogens with zero attached hydrogens (tertiary/aromatic N) is 1. The van der Waals surface area contributed by atoms with Gasteiger partial charge in [-0.25, -0.2) is 4.79 Å². The number of aliphatic hydroxyl groups is 1. The van der Waals surface area contributed by atoms with Crippen LogP contribution in [0.15, 0.2) is 12.1 Å². The van der Waals surface area contributed by atoms with E-state index < -0.39 is 12.1 Å². The first-order valence-electron chi connectivity index (χ1n) is 10.0. The molecule has 0 aromatic carbocycles. The number of hydrogen-bond acceptors (Lipinski definition) is 5. The summed E-state index contributed by atoms with van der Waals surface area (Å²) in [6, 6.07) is 3.88. The van der Waals surface area contributed by atoms with E-state index in [0.29, 0.717) is 18.9 Å². The Hall–Kier alpha value is -1.60. The van der Waals surface area contributed by atoms with Crippen LogP contribution in [0, 0.1) is 5.92 Å². The lowest BCUT2D eigenvalue weighted by Gasteiger charge is -2.20. The molecule has 2 N–H and O–H groups in total. The van der Waals surface area contributed by atoms with Crippen LogP contribution in [-0.4, -0.2) is 34.9 Å². The smallest absolute Gasteiger partial charge is 0.415 e. The number of unbranched alkanes of at least 4 members (excludes halogenated alkanes) is 3. The van der Waals surface area contributed by atoms with Crippen molar-refractivity contribution in [2.24, 2.45) is 5.92 Å². The summed E-state index contributed by atoms with van der Waals surface area (Å²) in [5, 5.41) is 20.1. The van der Waals surface area contributed by atoms with E-state index in [9.17, 15) is 14.7 Å². The fourth-order valence-corrected chi connectivity index (χ4v) is 5.24. The van der Waals surface area contributed by atoms with Crippen molar-refractivity contribution in [2.75, 3.05) is 11.5 Å². The predicted octanol–water partition coefficient (Wildman–Crippen LogP) is 4.72. The first kappa shape index (κ1) is 20.1. The molecular weight excluding hydrogens is 366 g/mol. The number of hydrogen-bond donors (Lipinski definition) is 2. The first-order valence-corrected chi connectivity index (χ1v) is 10.8. The Balaban J connectivity index is 1.52. The van der Waals surface area contributed by atoms with Crippen molar-refractivity contribution in [2.45, 2.75) is 76.4 Å². The van der Waals surface area contributed by atoms with Crippen LogP contribution in [0.5, 0.6) is 0 Å². The van der Waals surface area contributed by atoms with Gasteiger partial charge in [0.05, 0.1) is 12.1 Å². The van der Waals surface area contributed by atoms with E-state index in [1.54, 1.807) is 4.90 Å². The molecule has 2 aliphatic rings. The van der Waals surface area contributed by atoms with Crippen LogP contribution in [-0.2, 0) is 9.53 Å². The van der Waals surface area contributed by atoms with Gasteiger partial charge in [-0.15, -0.1) is 11.3 Å². The molecule has 2 heterocycles. The molecular formula is C20H29NO5S. The second-order valence-corrected chi connectivity index (χ2v) is 8.71. The molecule has 1 unspecified atom stereocenters. The second kappa shape index (κ2) is 9.55. The summed E-state index contributed by atoms with van der Waals surface area (Å²) >= 11 is 1.49. The number of carbonyl (C=O) groups is 2. The average molecular weight is 396 g/mol. The van der Waals surface area contributed by atoms with Gasteiger partial charge in [0.25, 0.3) is 0 Å². The number of aliphatic hydroxyl groups excluding tert-OH is 1. The van der Waals surface area contributed by atoms with Crippen LogP contribution in [0.25, 0.3) is 0 Å². The van der Waals surface area contributed by atoms with E-state index in [1.807, 2.05) is 12.1 Å². The molecule has 0 bridgehead atoms. The number of rotatable bonds is 10. The van der Waals surface area contributed by atoms with Crippen LogP contribution in [0.4, 0.5) is 9.80 Å². The lowest BCUT2D eigenvalue weighted by atomic mass is 10.00. The topological polar surface area (TPSA) is 87.1 Å². The van der Waals surface area contributed by atoms with Gasteiger partial charge in [-0.3, -0.25) is 9.69 Å². The van der Waals surface area contributed by atoms with E-state index in [4.69, 9.17) is 9.84 Å². The number of cyclic esters (lactones) is 1. The molecule has 1 saturated heterocycles. The number of anilines is 1. The highest BCUT2D eigenvalue weighted by atomic mass is 32.1. The Labute approximate surface area is 164 Å². The molecule has 3 rings (SSSR count). The third kappa shape index (κ3) is 5.23. The second-order valence-electron chi connectivity index (χ2n) is 7.61. The number of carbonyl (C=O) groups excluding carboxylic acids is 1. The number of thiophene rings is 1. The van der Waals surface area contributed by atoms with Crippen LogP contribution < -0.4 is 4.90 Å². The van der Waals surface area contributed by atoms with Crippen molar-refractivity contribution in [3.8, 4) is 0 Å². The number of carboxylic acid groups (broad SMARTS) is 1. The Morgan fingerprint density at radius 1 is 1.22 bits per heavy atom. The maximum absolute atomic E-state index is 12.2. The molecule has 1 aromatic heterocycles. The minimum absolute atomic E-state index is 0.0205. The third-order valence-corrected chi connectivity index (χ3v) is 6.78. The monoisotopic (exact) mass is 395 g/mol. The lowest BCUT2D eigenvalue weighted by Crippen LogP contribution is -2.32. The highest BCUT2D eigenvalue weighted by Gasteiger charge is 2.35. The van der Waals surface area contributed by atoms with Gasteiger partial charge in [0.2, 0.25) is 0 Å². The van der Waals surface area contributed by atoms with Crippen molar-refractivity contribution < 1.29 is 24.5 Å². The normalized spacial score (nSPS) is 21.6. The van der Waals surface area contributed by atoms with Crippen molar-refractivity contribution in [3.63, 3.8) is 0 Å². The van der Waals surface area contributed by atoms with Crippen LogP contribution in [0.3, 0.4) is 0 Å². The highest BCUT2D eigenvalue weighted by molar-refractivity contribution is 7.16. The fourth-order valence-electron chi connectivity index (χ4n) is 4.09. The summed E-state index contributed by atoms with van der Waals surface area (Å²) in [4.78, 5) is 25.4. The molecule has 2 fully saturated rings. The number of aliphatic carboxylic acids is 1. The molecule has 1 aromatic rings. The maximum Gasteiger partial charge on any atom is 0.415 e. The van der Waals surface area contributed by atoms with Crippen molar-refractivity contribution in [1.29, 1.82) is 0 Å². The Bertz CT molecular complexity index is 640. The van der Waals surface area contributed by atoms with Gasteiger partial charge >= 0.3 is 12.1 Å². The molecule has 1 aliphatic heterocycles. The number of carboxylic acids is 1. The molecule has 0 radical (unpaired) electrons. The number of amides is 1. The molecule has 27 heavy (non-hydrogen) atoms. The maximum atomic E-state index is 12.2. The Kier molecular flexibility index (Phi) is 7.13. The summed E-state index contributed by atoms with van der Waals surface area (Å²) in [7, 11) is 0. The van der Waals surface area contributed by atoms with Crippen LogP contribution in [0.1, 0.15) is 75.2 Å². The summed E-state index contributed by atoms with van der Waals surface area (Å²) in [6.45, 7) is 0.395. The van der Waals surface area contributed by atoms with Crippen molar-refractivity contribution in [1.82, 2.24) is 0 Å². The molecule has 1 amide bonds. The fraction of sp³-hybridized carbons (Fsp3) is 0.700. The van der Waals surface area contributed by atoms with E-state index in [0.717, 1.165) is 48.4 Å². The Morgan fingerprint density at radius 2 is 1.96 bits per heavy atom. The van der Waals surface area contributed by atoms with Gasteiger partial charge in [-0.1, -0.05) is 32.1 Å². The van der Waals surface area contributed by atoms with Crippen LogP contribution >= 0.6 is 11.3 Å².